The van der Waals surface area contributed by atoms with Gasteiger partial charge in [-0.3, -0.25) is 4.55 Å². The van der Waals surface area contributed by atoms with Gasteiger partial charge in [-0.25, -0.2) is 0 Å². The molecule has 0 saturated carbocycles. The lowest BCUT2D eigenvalue weighted by Gasteiger charge is -2.08. The summed E-state index contributed by atoms with van der Waals surface area (Å²) in [5.74, 6) is -0.233. The number of azo groups is 2. The minimum absolute atomic E-state index is 0.0796. The predicted octanol–water partition coefficient (Wildman–Crippen LogP) is 7.24. The minimum Gasteiger partial charge on any atom is -0.505 e. The zero-order chi connectivity index (χ0) is 23.6. The fraction of sp³-hybridized carbons (Fsp3) is 0.0833. The van der Waals surface area contributed by atoms with E-state index in [1.807, 2.05) is 38.1 Å². The Morgan fingerprint density at radius 3 is 1.97 bits per heavy atom. The van der Waals surface area contributed by atoms with Crippen molar-refractivity contribution >= 4 is 43.6 Å². The van der Waals surface area contributed by atoms with Gasteiger partial charge >= 0.3 is 0 Å². The van der Waals surface area contributed by atoms with Crippen LogP contribution in [0.25, 0.3) is 10.8 Å². The molecular weight excluding hydrogens is 440 g/mol. The summed E-state index contributed by atoms with van der Waals surface area (Å²) >= 11 is 0. The lowest BCUT2D eigenvalue weighted by atomic mass is 10.1. The fourth-order valence-electron chi connectivity index (χ4n) is 3.31. The molecule has 0 aliphatic carbocycles. The number of phenolic OH excluding ortho intramolecular Hbond substituents is 1. The van der Waals surface area contributed by atoms with E-state index in [0.29, 0.717) is 11.4 Å². The largest absolute Gasteiger partial charge is 0.505 e. The Balaban J connectivity index is 1.67. The van der Waals surface area contributed by atoms with Gasteiger partial charge in [0.05, 0.1) is 17.1 Å². The van der Waals surface area contributed by atoms with E-state index >= 15 is 0 Å². The molecule has 0 bridgehead atoms. The summed E-state index contributed by atoms with van der Waals surface area (Å²) in [6.45, 7) is 3.78. The Hall–Kier alpha value is -3.95. The van der Waals surface area contributed by atoms with Crippen molar-refractivity contribution in [2.24, 2.45) is 20.5 Å². The highest BCUT2D eigenvalue weighted by molar-refractivity contribution is 7.86. The van der Waals surface area contributed by atoms with Gasteiger partial charge in [-0.15, -0.1) is 5.11 Å². The van der Waals surface area contributed by atoms with E-state index in [0.717, 1.165) is 22.9 Å². The molecule has 166 valence electrons. The molecule has 0 saturated heterocycles. The second-order valence-corrected chi connectivity index (χ2v) is 8.81. The van der Waals surface area contributed by atoms with Crippen LogP contribution in [0.2, 0.25) is 0 Å². The zero-order valence-electron chi connectivity index (χ0n) is 17.8. The number of aryl methyl sites for hydroxylation is 2. The van der Waals surface area contributed by atoms with Crippen molar-refractivity contribution < 1.29 is 18.1 Å². The fourth-order valence-corrected chi connectivity index (χ4v) is 4.03. The Bertz CT molecular complexity index is 1530. The van der Waals surface area contributed by atoms with Crippen LogP contribution in [0, 0.1) is 13.8 Å². The predicted molar refractivity (Wildman–Crippen MR) is 126 cm³/mol. The number of aromatic hydroxyl groups is 1. The van der Waals surface area contributed by atoms with Gasteiger partial charge in [0.2, 0.25) is 0 Å². The lowest BCUT2D eigenvalue weighted by Crippen LogP contribution is -1.99. The van der Waals surface area contributed by atoms with E-state index < -0.39 is 10.1 Å². The molecule has 0 amide bonds. The van der Waals surface area contributed by atoms with Crippen molar-refractivity contribution in [1.29, 1.82) is 0 Å². The molecule has 8 nitrogen and oxygen atoms in total. The SMILES string of the molecule is Cc1ccccc1N=Nc1ccc(N=Nc2cc(S(=O)(=O)O)c3ccccc3c2O)c(C)c1. The Kier molecular flexibility index (Phi) is 5.99. The molecule has 0 aliphatic heterocycles. The zero-order valence-corrected chi connectivity index (χ0v) is 18.7. The quantitative estimate of drug-likeness (QED) is 0.240. The van der Waals surface area contributed by atoms with Crippen molar-refractivity contribution in [2.45, 2.75) is 18.7 Å². The first-order valence-electron chi connectivity index (χ1n) is 9.96. The van der Waals surface area contributed by atoms with Crippen LogP contribution in [0.1, 0.15) is 11.1 Å². The summed E-state index contributed by atoms with van der Waals surface area (Å²) in [6, 6.07) is 20.3. The molecule has 0 radical (unpaired) electrons. The van der Waals surface area contributed by atoms with Crippen LogP contribution >= 0.6 is 0 Å². The van der Waals surface area contributed by atoms with E-state index in [1.54, 1.807) is 30.3 Å². The van der Waals surface area contributed by atoms with Gasteiger partial charge in [0.1, 0.15) is 10.6 Å². The highest BCUT2D eigenvalue weighted by Gasteiger charge is 2.19. The molecule has 0 unspecified atom stereocenters. The second kappa shape index (κ2) is 8.89. The molecule has 4 aromatic rings. The number of phenols is 1. The van der Waals surface area contributed by atoms with Crippen LogP contribution in [-0.4, -0.2) is 18.1 Å². The number of fused-ring (bicyclic) bond motifs is 1. The number of benzene rings is 4. The van der Waals surface area contributed by atoms with E-state index in [4.69, 9.17) is 0 Å². The van der Waals surface area contributed by atoms with Gasteiger partial charge in [-0.2, -0.15) is 23.8 Å². The molecule has 0 spiro atoms. The van der Waals surface area contributed by atoms with Gasteiger partial charge in [0.15, 0.2) is 5.75 Å². The number of rotatable bonds is 5. The normalized spacial score (nSPS) is 12.2. The third kappa shape index (κ3) is 4.79. The standard InChI is InChI=1S/C24H20N4O4S/c1-15-7-3-6-10-20(15)26-25-17-11-12-21(16(2)13-17)27-28-22-14-23(33(30,31)32)18-8-4-5-9-19(18)24(22)29/h3-14,29H,1-2H3,(H,30,31,32). The number of hydrogen-bond acceptors (Lipinski definition) is 7. The molecule has 0 atom stereocenters. The van der Waals surface area contributed by atoms with Crippen molar-refractivity contribution in [1.82, 2.24) is 0 Å². The first-order chi connectivity index (χ1) is 15.7. The lowest BCUT2D eigenvalue weighted by molar-refractivity contribution is 0.480. The van der Waals surface area contributed by atoms with Crippen LogP contribution in [0.3, 0.4) is 0 Å². The van der Waals surface area contributed by atoms with Crippen LogP contribution < -0.4 is 0 Å². The van der Waals surface area contributed by atoms with E-state index in [1.165, 1.54) is 12.1 Å². The van der Waals surface area contributed by atoms with Crippen LogP contribution in [0.5, 0.6) is 5.75 Å². The van der Waals surface area contributed by atoms with Gasteiger partial charge in [0, 0.05) is 10.8 Å². The number of nitrogens with zero attached hydrogens (tertiary/aromatic N) is 4. The van der Waals surface area contributed by atoms with Crippen LogP contribution in [0.4, 0.5) is 22.7 Å². The topological polar surface area (TPSA) is 124 Å². The smallest absolute Gasteiger partial charge is 0.295 e. The monoisotopic (exact) mass is 460 g/mol. The maximum Gasteiger partial charge on any atom is 0.295 e. The van der Waals surface area contributed by atoms with Gasteiger partial charge in [-0.1, -0.05) is 42.5 Å². The summed E-state index contributed by atoms with van der Waals surface area (Å²) < 4.78 is 33.3. The maximum absolute atomic E-state index is 11.8. The molecule has 4 rings (SSSR count). The third-order valence-electron chi connectivity index (χ3n) is 5.07. The molecule has 9 heteroatoms. The molecule has 0 fully saturated rings. The van der Waals surface area contributed by atoms with E-state index in [9.17, 15) is 18.1 Å². The van der Waals surface area contributed by atoms with Crippen LogP contribution in [0.15, 0.2) is 98.1 Å². The summed E-state index contributed by atoms with van der Waals surface area (Å²) in [5.41, 5.74) is 3.62. The van der Waals surface area contributed by atoms with Crippen molar-refractivity contribution in [3.05, 3.63) is 83.9 Å². The molecule has 4 aromatic carbocycles. The Labute approximate surface area is 190 Å². The molecule has 33 heavy (non-hydrogen) atoms. The first kappa shape index (κ1) is 22.3. The molecule has 0 aliphatic rings. The van der Waals surface area contributed by atoms with Gasteiger partial charge < -0.3 is 5.11 Å². The molecule has 0 heterocycles. The van der Waals surface area contributed by atoms with Gasteiger partial charge in [-0.05, 0) is 55.3 Å². The molecular formula is C24H20N4O4S. The van der Waals surface area contributed by atoms with Gasteiger partial charge in [0.25, 0.3) is 10.1 Å². The Morgan fingerprint density at radius 2 is 1.27 bits per heavy atom. The summed E-state index contributed by atoms with van der Waals surface area (Å²) in [7, 11) is -4.53. The first-order valence-corrected chi connectivity index (χ1v) is 11.4. The summed E-state index contributed by atoms with van der Waals surface area (Å²) in [4.78, 5) is -0.353. The van der Waals surface area contributed by atoms with Crippen molar-refractivity contribution in [3.8, 4) is 5.75 Å². The summed E-state index contributed by atoms with van der Waals surface area (Å²) in [5, 5.41) is 27.7. The molecule has 0 aromatic heterocycles. The van der Waals surface area contributed by atoms with E-state index in [-0.39, 0.29) is 27.1 Å². The van der Waals surface area contributed by atoms with Crippen molar-refractivity contribution in [3.63, 3.8) is 0 Å². The van der Waals surface area contributed by atoms with Crippen LogP contribution in [-0.2, 0) is 10.1 Å². The minimum atomic E-state index is -4.53. The Morgan fingerprint density at radius 1 is 0.667 bits per heavy atom. The highest BCUT2D eigenvalue weighted by Crippen LogP contribution is 2.40. The summed E-state index contributed by atoms with van der Waals surface area (Å²) in [6.07, 6.45) is 0. The average Bonchev–Trinajstić information content (AvgIpc) is 2.78. The number of hydrogen-bond donors (Lipinski definition) is 2. The molecule has 2 N–H and O–H groups in total. The highest BCUT2D eigenvalue weighted by atomic mass is 32.2. The maximum atomic E-state index is 11.8. The van der Waals surface area contributed by atoms with Crippen molar-refractivity contribution in [2.75, 3.05) is 0 Å². The third-order valence-corrected chi connectivity index (χ3v) is 5.96. The second-order valence-electron chi connectivity index (χ2n) is 7.42. The van der Waals surface area contributed by atoms with E-state index in [2.05, 4.69) is 20.5 Å². The average molecular weight is 461 g/mol.